The lowest BCUT2D eigenvalue weighted by atomic mass is 9.98. The van der Waals surface area contributed by atoms with Gasteiger partial charge in [0.25, 0.3) is 0 Å². The molecule has 0 saturated heterocycles. The number of benzene rings is 1. The molecule has 3 rings (SSSR count). The van der Waals surface area contributed by atoms with Gasteiger partial charge in [0.15, 0.2) is 5.69 Å². The fraction of sp³-hybridized carbons (Fsp3) is 0.267. The van der Waals surface area contributed by atoms with Gasteiger partial charge in [-0.05, 0) is 23.6 Å². The highest BCUT2D eigenvalue weighted by Gasteiger charge is 2.21. The average molecular weight is 348 g/mol. The molecule has 0 bridgehead atoms. The minimum absolute atomic E-state index is 0.101. The molecule has 0 radical (unpaired) electrons. The number of hydrogen-bond acceptors (Lipinski definition) is 6. The predicted octanol–water partition coefficient (Wildman–Crippen LogP) is 1.11. The zero-order valence-corrected chi connectivity index (χ0v) is 13.7. The van der Waals surface area contributed by atoms with Gasteiger partial charge in [-0.25, -0.2) is 23.2 Å². The van der Waals surface area contributed by atoms with Crippen LogP contribution in [-0.4, -0.2) is 42.3 Å². The molecule has 2 aromatic rings. The van der Waals surface area contributed by atoms with Gasteiger partial charge in [0.1, 0.15) is 5.82 Å². The lowest BCUT2D eigenvalue weighted by Crippen LogP contribution is -2.32. The summed E-state index contributed by atoms with van der Waals surface area (Å²) >= 11 is 0. The maximum absolute atomic E-state index is 11.5. The summed E-state index contributed by atoms with van der Waals surface area (Å²) < 4.78 is 25.5. The molecule has 9 heteroatoms. The lowest BCUT2D eigenvalue weighted by molar-refractivity contribution is 0.0690. The Balaban J connectivity index is 1.84. The number of carbonyl (C=O) groups is 1. The normalized spacial score (nSPS) is 14.1. The Hall–Kier alpha value is -2.68. The van der Waals surface area contributed by atoms with Crippen LogP contribution in [0.2, 0.25) is 0 Å². The number of hydrogen-bond donors (Lipinski definition) is 2. The zero-order valence-electron chi connectivity index (χ0n) is 12.9. The Bertz CT molecular complexity index is 881. The molecule has 1 aliphatic rings. The van der Waals surface area contributed by atoms with E-state index in [9.17, 15) is 13.2 Å². The van der Waals surface area contributed by atoms with Crippen molar-refractivity contribution >= 4 is 27.5 Å². The summed E-state index contributed by atoms with van der Waals surface area (Å²) in [5.41, 5.74) is 2.46. The fourth-order valence-electron chi connectivity index (χ4n) is 2.70. The summed E-state index contributed by atoms with van der Waals surface area (Å²) in [4.78, 5) is 20.8. The molecule has 24 heavy (non-hydrogen) atoms. The second-order valence-corrected chi connectivity index (χ2v) is 7.30. The van der Waals surface area contributed by atoms with E-state index in [1.165, 1.54) is 12.4 Å². The minimum atomic E-state index is -3.33. The molecule has 1 aromatic carbocycles. The van der Waals surface area contributed by atoms with Crippen LogP contribution in [0.25, 0.3) is 0 Å². The van der Waals surface area contributed by atoms with Gasteiger partial charge in [-0.15, -0.1) is 0 Å². The van der Waals surface area contributed by atoms with Gasteiger partial charge >= 0.3 is 5.97 Å². The number of anilines is 2. The molecular formula is C15H16N4O4S. The van der Waals surface area contributed by atoms with Crippen molar-refractivity contribution in [2.75, 3.05) is 22.4 Å². The van der Waals surface area contributed by atoms with E-state index in [1.54, 1.807) is 12.1 Å². The lowest BCUT2D eigenvalue weighted by Gasteiger charge is -2.30. The van der Waals surface area contributed by atoms with E-state index in [1.807, 2.05) is 11.0 Å². The molecule has 0 saturated carbocycles. The van der Waals surface area contributed by atoms with Crippen LogP contribution in [0.3, 0.4) is 0 Å². The first-order chi connectivity index (χ1) is 11.3. The monoisotopic (exact) mass is 348 g/mol. The highest BCUT2D eigenvalue weighted by Crippen LogP contribution is 2.28. The maximum Gasteiger partial charge on any atom is 0.356 e. The van der Waals surface area contributed by atoms with Crippen molar-refractivity contribution in [1.82, 2.24) is 9.97 Å². The van der Waals surface area contributed by atoms with Gasteiger partial charge in [-0.3, -0.25) is 4.72 Å². The van der Waals surface area contributed by atoms with Crippen LogP contribution in [0.15, 0.2) is 30.6 Å². The van der Waals surface area contributed by atoms with Crippen LogP contribution in [-0.2, 0) is 23.0 Å². The zero-order chi connectivity index (χ0) is 17.3. The molecule has 0 spiro atoms. The Morgan fingerprint density at radius 3 is 2.71 bits per heavy atom. The number of nitrogens with zero attached hydrogens (tertiary/aromatic N) is 3. The summed E-state index contributed by atoms with van der Waals surface area (Å²) in [5.74, 6) is -0.526. The predicted molar refractivity (Wildman–Crippen MR) is 88.7 cm³/mol. The number of rotatable bonds is 4. The van der Waals surface area contributed by atoms with Crippen molar-refractivity contribution in [2.24, 2.45) is 0 Å². The SMILES string of the molecule is CS(=O)(=O)Nc1cccc2c1CCN(c1cnc(C(=O)O)cn1)C2. The van der Waals surface area contributed by atoms with Crippen LogP contribution in [0.5, 0.6) is 0 Å². The Kier molecular flexibility index (Phi) is 4.10. The molecule has 0 fully saturated rings. The highest BCUT2D eigenvalue weighted by atomic mass is 32.2. The Morgan fingerprint density at radius 1 is 1.29 bits per heavy atom. The third-order valence-corrected chi connectivity index (χ3v) is 4.33. The standard InChI is InChI=1S/C15H16N4O4S/c1-24(22,23)18-12-4-2-3-10-9-19(6-5-11(10)12)14-8-16-13(7-17-14)15(20)21/h2-4,7-8,18H,5-6,9H2,1H3,(H,20,21). The third-order valence-electron chi connectivity index (χ3n) is 3.74. The van der Waals surface area contributed by atoms with Gasteiger partial charge in [-0.1, -0.05) is 12.1 Å². The molecule has 8 nitrogen and oxygen atoms in total. The van der Waals surface area contributed by atoms with Crippen LogP contribution in [0, 0.1) is 0 Å². The summed E-state index contributed by atoms with van der Waals surface area (Å²) in [6.45, 7) is 1.19. The van der Waals surface area contributed by atoms with E-state index in [-0.39, 0.29) is 5.69 Å². The van der Waals surface area contributed by atoms with Crippen LogP contribution < -0.4 is 9.62 Å². The number of carboxylic acid groups (broad SMARTS) is 1. The molecular weight excluding hydrogens is 332 g/mol. The van der Waals surface area contributed by atoms with Gasteiger partial charge in [-0.2, -0.15) is 0 Å². The molecule has 1 aliphatic heterocycles. The van der Waals surface area contributed by atoms with Gasteiger partial charge < -0.3 is 10.0 Å². The average Bonchev–Trinajstić information content (AvgIpc) is 2.53. The second kappa shape index (κ2) is 6.08. The first-order valence-electron chi connectivity index (χ1n) is 7.22. The number of carboxylic acids is 1. The van der Waals surface area contributed by atoms with Crippen molar-refractivity contribution in [3.8, 4) is 0 Å². The van der Waals surface area contributed by atoms with Crippen molar-refractivity contribution in [2.45, 2.75) is 13.0 Å². The number of fused-ring (bicyclic) bond motifs is 1. The summed E-state index contributed by atoms with van der Waals surface area (Å²) in [6, 6.07) is 5.49. The summed E-state index contributed by atoms with van der Waals surface area (Å²) in [6.07, 6.45) is 4.44. The summed E-state index contributed by atoms with van der Waals surface area (Å²) in [7, 11) is -3.33. The van der Waals surface area contributed by atoms with Crippen LogP contribution >= 0.6 is 0 Å². The first kappa shape index (κ1) is 16.2. The largest absolute Gasteiger partial charge is 0.476 e. The van der Waals surface area contributed by atoms with Crippen molar-refractivity contribution in [1.29, 1.82) is 0 Å². The van der Waals surface area contributed by atoms with Crippen molar-refractivity contribution < 1.29 is 18.3 Å². The number of aromatic nitrogens is 2. The first-order valence-corrected chi connectivity index (χ1v) is 9.11. The fourth-order valence-corrected chi connectivity index (χ4v) is 3.29. The maximum atomic E-state index is 11.5. The van der Waals surface area contributed by atoms with Gasteiger partial charge in [0, 0.05) is 13.1 Å². The quantitative estimate of drug-likeness (QED) is 0.851. The molecule has 126 valence electrons. The number of aromatic carboxylic acids is 1. The van der Waals surface area contributed by atoms with E-state index in [2.05, 4.69) is 14.7 Å². The van der Waals surface area contributed by atoms with Crippen molar-refractivity contribution in [3.63, 3.8) is 0 Å². The molecule has 2 heterocycles. The molecule has 2 N–H and O–H groups in total. The molecule has 0 atom stereocenters. The van der Waals surface area contributed by atoms with E-state index in [0.717, 1.165) is 17.4 Å². The third kappa shape index (κ3) is 3.46. The Labute approximate surface area is 139 Å². The van der Waals surface area contributed by atoms with Crippen LogP contribution in [0.4, 0.5) is 11.5 Å². The van der Waals surface area contributed by atoms with E-state index in [0.29, 0.717) is 31.0 Å². The summed E-state index contributed by atoms with van der Waals surface area (Å²) in [5, 5.41) is 8.87. The van der Waals surface area contributed by atoms with Gasteiger partial charge in [0.2, 0.25) is 10.0 Å². The molecule has 0 amide bonds. The molecule has 0 unspecified atom stereocenters. The second-order valence-electron chi connectivity index (χ2n) is 5.55. The topological polar surface area (TPSA) is 112 Å². The van der Waals surface area contributed by atoms with Crippen LogP contribution in [0.1, 0.15) is 21.6 Å². The molecule has 0 aliphatic carbocycles. The number of sulfonamides is 1. The smallest absolute Gasteiger partial charge is 0.356 e. The van der Waals surface area contributed by atoms with E-state index >= 15 is 0 Å². The van der Waals surface area contributed by atoms with E-state index < -0.39 is 16.0 Å². The molecule has 1 aromatic heterocycles. The van der Waals surface area contributed by atoms with Gasteiger partial charge in [0.05, 0.1) is 24.3 Å². The number of nitrogens with one attached hydrogen (secondary N) is 1. The van der Waals surface area contributed by atoms with E-state index in [4.69, 9.17) is 5.11 Å². The Morgan fingerprint density at radius 2 is 2.08 bits per heavy atom. The highest BCUT2D eigenvalue weighted by molar-refractivity contribution is 7.92. The van der Waals surface area contributed by atoms with Crippen molar-refractivity contribution in [3.05, 3.63) is 47.4 Å². The minimum Gasteiger partial charge on any atom is -0.476 e.